The third-order valence-electron chi connectivity index (χ3n) is 6.27. The molecule has 1 N–H and O–H groups in total. The molecule has 2 aromatic heterocycles. The molecule has 0 saturated carbocycles. The summed E-state index contributed by atoms with van der Waals surface area (Å²) in [6.45, 7) is 6.93. The van der Waals surface area contributed by atoms with E-state index in [1.54, 1.807) is 16.9 Å². The number of aromatic nitrogens is 3. The van der Waals surface area contributed by atoms with E-state index in [1.165, 1.54) is 12.3 Å². The number of fused-ring (bicyclic) bond motifs is 1. The van der Waals surface area contributed by atoms with E-state index in [4.69, 9.17) is 0 Å². The van der Waals surface area contributed by atoms with Crippen LogP contribution in [0.15, 0.2) is 59.8 Å². The molecule has 0 aliphatic carbocycles. The fraction of sp³-hybridized carbons (Fsp3) is 0.280. The fourth-order valence-corrected chi connectivity index (χ4v) is 6.67. The van der Waals surface area contributed by atoms with Crippen molar-refractivity contribution in [3.05, 3.63) is 77.5 Å². The summed E-state index contributed by atoms with van der Waals surface area (Å²) in [5.74, 6) is -0.539. The monoisotopic (exact) mass is 479 g/mol. The Bertz CT molecular complexity index is 1460. The van der Waals surface area contributed by atoms with Crippen molar-refractivity contribution >= 4 is 26.6 Å². The number of rotatable bonds is 5. The second-order valence-corrected chi connectivity index (χ2v) is 10.5. The number of anilines is 1. The lowest BCUT2D eigenvalue weighted by molar-refractivity contribution is 0.560. The van der Waals surface area contributed by atoms with Gasteiger partial charge in [-0.15, -0.1) is 0 Å². The molecule has 5 rings (SSSR count). The minimum absolute atomic E-state index is 0.197. The number of benzene rings is 2. The molecule has 1 aliphatic rings. The van der Waals surface area contributed by atoms with E-state index in [0.29, 0.717) is 23.5 Å². The number of hydrogen-bond donors (Lipinski definition) is 1. The van der Waals surface area contributed by atoms with Crippen LogP contribution in [0.3, 0.4) is 0 Å². The van der Waals surface area contributed by atoms with E-state index in [1.807, 2.05) is 51.1 Å². The van der Waals surface area contributed by atoms with Crippen molar-refractivity contribution in [2.24, 2.45) is 0 Å². The topological polar surface area (TPSA) is 80.1 Å². The molecule has 1 fully saturated rings. The van der Waals surface area contributed by atoms with Gasteiger partial charge in [0, 0.05) is 30.2 Å². The van der Waals surface area contributed by atoms with Crippen LogP contribution in [0.2, 0.25) is 0 Å². The SMILES string of the molecule is Cc1cc(C)c(S(=O)(=O)NC2CCN(c3cccc4c3cnn4-c3ccc(F)nc3)C2)c(C)c1. The van der Waals surface area contributed by atoms with E-state index in [9.17, 15) is 12.8 Å². The number of pyridine rings is 1. The Morgan fingerprint density at radius 1 is 1.06 bits per heavy atom. The molecule has 0 bridgehead atoms. The molecule has 0 amide bonds. The Kier molecular flexibility index (Phi) is 5.61. The molecule has 1 atom stereocenters. The molecule has 34 heavy (non-hydrogen) atoms. The second-order valence-electron chi connectivity index (χ2n) is 8.89. The molecule has 2 aromatic carbocycles. The molecule has 9 heteroatoms. The molecule has 176 valence electrons. The van der Waals surface area contributed by atoms with E-state index in [-0.39, 0.29) is 6.04 Å². The van der Waals surface area contributed by atoms with Gasteiger partial charge in [-0.1, -0.05) is 23.8 Å². The first kappa shape index (κ1) is 22.5. The Morgan fingerprint density at radius 2 is 1.82 bits per heavy atom. The van der Waals surface area contributed by atoms with Crippen molar-refractivity contribution in [2.45, 2.75) is 38.1 Å². The first-order valence-electron chi connectivity index (χ1n) is 11.2. The highest BCUT2D eigenvalue weighted by atomic mass is 32.2. The van der Waals surface area contributed by atoms with Crippen LogP contribution in [0.5, 0.6) is 0 Å². The maximum Gasteiger partial charge on any atom is 0.241 e. The van der Waals surface area contributed by atoms with Gasteiger partial charge in [0.1, 0.15) is 0 Å². The van der Waals surface area contributed by atoms with Gasteiger partial charge < -0.3 is 4.90 Å². The summed E-state index contributed by atoms with van der Waals surface area (Å²) in [5, 5.41) is 5.43. The highest BCUT2D eigenvalue weighted by Gasteiger charge is 2.30. The molecule has 7 nitrogen and oxygen atoms in total. The molecule has 3 heterocycles. The lowest BCUT2D eigenvalue weighted by Crippen LogP contribution is -2.37. The van der Waals surface area contributed by atoms with Gasteiger partial charge in [-0.2, -0.15) is 9.49 Å². The predicted molar refractivity (Wildman–Crippen MR) is 130 cm³/mol. The normalized spacial score (nSPS) is 16.5. The third-order valence-corrected chi connectivity index (χ3v) is 8.10. The van der Waals surface area contributed by atoms with Gasteiger partial charge in [-0.3, -0.25) is 0 Å². The van der Waals surface area contributed by atoms with Gasteiger partial charge in [0.2, 0.25) is 16.0 Å². The maximum atomic E-state index is 13.2. The molecule has 1 saturated heterocycles. The molecular weight excluding hydrogens is 453 g/mol. The fourth-order valence-electron chi connectivity index (χ4n) is 4.95. The standard InChI is InChI=1S/C25H26FN5O2S/c1-16-11-17(2)25(18(3)12-16)34(32,33)29-19-9-10-30(15-19)22-5-4-6-23-21(22)14-28-31(23)20-7-8-24(26)27-13-20/h4-8,11-14,19,29H,9-10,15H2,1-3H3. The van der Waals surface area contributed by atoms with Gasteiger partial charge >= 0.3 is 0 Å². The number of sulfonamides is 1. The Labute approximate surface area is 198 Å². The number of aryl methyl sites for hydroxylation is 3. The summed E-state index contributed by atoms with van der Waals surface area (Å²) in [5.41, 5.74) is 5.10. The summed E-state index contributed by atoms with van der Waals surface area (Å²) >= 11 is 0. The summed E-state index contributed by atoms with van der Waals surface area (Å²) in [4.78, 5) is 6.27. The Balaban J connectivity index is 1.39. The maximum absolute atomic E-state index is 13.2. The van der Waals surface area contributed by atoms with Crippen LogP contribution in [-0.4, -0.2) is 42.3 Å². The van der Waals surface area contributed by atoms with E-state index >= 15 is 0 Å². The number of halogens is 1. The largest absolute Gasteiger partial charge is 0.369 e. The zero-order chi connectivity index (χ0) is 24.0. The number of hydrogen-bond acceptors (Lipinski definition) is 5. The van der Waals surface area contributed by atoms with Crippen LogP contribution in [0, 0.1) is 26.7 Å². The van der Waals surface area contributed by atoms with Gasteiger partial charge in [0.05, 0.1) is 28.5 Å². The molecular formula is C25H26FN5O2S. The predicted octanol–water partition coefficient (Wildman–Crippen LogP) is 4.04. The van der Waals surface area contributed by atoms with Gasteiger partial charge in [0.15, 0.2) is 0 Å². The van der Waals surface area contributed by atoms with Gasteiger partial charge in [-0.25, -0.2) is 22.8 Å². The van der Waals surface area contributed by atoms with Crippen LogP contribution in [-0.2, 0) is 10.0 Å². The van der Waals surface area contributed by atoms with Crippen LogP contribution in [0.4, 0.5) is 10.1 Å². The Hall–Kier alpha value is -3.30. The summed E-state index contributed by atoms with van der Waals surface area (Å²) in [6, 6.07) is 12.5. The van der Waals surface area contributed by atoms with Crippen LogP contribution >= 0.6 is 0 Å². The highest BCUT2D eigenvalue weighted by Crippen LogP contribution is 2.31. The average molecular weight is 480 g/mol. The van der Waals surface area contributed by atoms with Crippen LogP contribution in [0.1, 0.15) is 23.1 Å². The quantitative estimate of drug-likeness (QED) is 0.437. The second kappa shape index (κ2) is 8.48. The van der Waals surface area contributed by atoms with Crippen molar-refractivity contribution < 1.29 is 12.8 Å². The van der Waals surface area contributed by atoms with Crippen LogP contribution < -0.4 is 9.62 Å². The number of nitrogens with one attached hydrogen (secondary N) is 1. The minimum Gasteiger partial charge on any atom is -0.369 e. The Morgan fingerprint density at radius 3 is 2.53 bits per heavy atom. The van der Waals surface area contributed by atoms with Crippen LogP contribution in [0.25, 0.3) is 16.6 Å². The lowest BCUT2D eigenvalue weighted by atomic mass is 10.1. The van der Waals surface area contributed by atoms with Crippen molar-refractivity contribution in [3.63, 3.8) is 0 Å². The van der Waals surface area contributed by atoms with E-state index in [0.717, 1.165) is 39.8 Å². The molecule has 1 aliphatic heterocycles. The van der Waals surface area contributed by atoms with E-state index < -0.39 is 16.0 Å². The molecule has 1 unspecified atom stereocenters. The number of nitrogens with zero attached hydrogens (tertiary/aromatic N) is 4. The molecule has 0 radical (unpaired) electrons. The van der Waals surface area contributed by atoms with Crippen molar-refractivity contribution in [2.75, 3.05) is 18.0 Å². The lowest BCUT2D eigenvalue weighted by Gasteiger charge is -2.21. The average Bonchev–Trinajstić information content (AvgIpc) is 3.40. The summed E-state index contributed by atoms with van der Waals surface area (Å²) in [7, 11) is -3.64. The smallest absolute Gasteiger partial charge is 0.241 e. The summed E-state index contributed by atoms with van der Waals surface area (Å²) < 4.78 is 44.3. The zero-order valence-corrected chi connectivity index (χ0v) is 20.1. The van der Waals surface area contributed by atoms with Crippen molar-refractivity contribution in [1.82, 2.24) is 19.5 Å². The van der Waals surface area contributed by atoms with Crippen molar-refractivity contribution in [1.29, 1.82) is 0 Å². The third kappa shape index (κ3) is 4.05. The first-order chi connectivity index (χ1) is 16.2. The molecule has 0 spiro atoms. The van der Waals surface area contributed by atoms with Gasteiger partial charge in [0.25, 0.3) is 0 Å². The highest BCUT2D eigenvalue weighted by molar-refractivity contribution is 7.89. The first-order valence-corrected chi connectivity index (χ1v) is 12.6. The van der Waals surface area contributed by atoms with Crippen molar-refractivity contribution in [3.8, 4) is 5.69 Å². The van der Waals surface area contributed by atoms with E-state index in [2.05, 4.69) is 19.7 Å². The zero-order valence-electron chi connectivity index (χ0n) is 19.3. The minimum atomic E-state index is -3.64. The van der Waals surface area contributed by atoms with Gasteiger partial charge in [-0.05, 0) is 62.6 Å². The summed E-state index contributed by atoms with van der Waals surface area (Å²) in [6.07, 6.45) is 3.93. The molecule has 4 aromatic rings.